The summed E-state index contributed by atoms with van der Waals surface area (Å²) in [5.41, 5.74) is 6.68. The SMILES string of the molecule is CCC(C)[C@@H]([C@@H](CC(=O)N1CCC[C@H]1C(OC)[C@@H](C)C(=O)NS(=O)(=O)Cc1ccc(N)cc1)OC)N(C)C(=O)[C@@H](NC(=O)[C@H](C(C)C)N(C)C)C(C)C. The van der Waals surface area contributed by atoms with Gasteiger partial charge in [0, 0.05) is 33.5 Å². The van der Waals surface area contributed by atoms with Crippen LogP contribution in [0.1, 0.15) is 79.7 Å². The van der Waals surface area contributed by atoms with E-state index in [0.29, 0.717) is 37.1 Å². The van der Waals surface area contributed by atoms with E-state index >= 15 is 0 Å². The molecule has 0 aromatic heterocycles. The minimum atomic E-state index is -4.02. The van der Waals surface area contributed by atoms with Gasteiger partial charge in [-0.15, -0.1) is 0 Å². The van der Waals surface area contributed by atoms with Crippen molar-refractivity contribution >= 4 is 39.3 Å². The van der Waals surface area contributed by atoms with E-state index in [0.717, 1.165) is 0 Å². The number of nitrogen functional groups attached to an aromatic ring is 1. The highest BCUT2D eigenvalue weighted by Crippen LogP contribution is 2.30. The number of likely N-dealkylation sites (tertiary alicyclic amines) is 1. The molecule has 0 bridgehead atoms. The Morgan fingerprint density at radius 3 is 2.04 bits per heavy atom. The van der Waals surface area contributed by atoms with Gasteiger partial charge in [0.15, 0.2) is 0 Å². The van der Waals surface area contributed by atoms with Gasteiger partial charge >= 0.3 is 0 Å². The molecule has 2 unspecified atom stereocenters. The minimum absolute atomic E-state index is 0.0280. The normalized spacial score (nSPS) is 19.0. The monoisotopic (exact) mass is 766 g/mol. The number of ether oxygens (including phenoxy) is 2. The van der Waals surface area contributed by atoms with Crippen molar-refractivity contribution in [2.75, 3.05) is 47.6 Å². The second-order valence-electron chi connectivity index (χ2n) is 15.4. The summed E-state index contributed by atoms with van der Waals surface area (Å²) in [4.78, 5) is 60.1. The van der Waals surface area contributed by atoms with Gasteiger partial charge in [0.05, 0.1) is 48.4 Å². The molecule has 0 radical (unpaired) electrons. The molecule has 1 aliphatic rings. The van der Waals surface area contributed by atoms with Crippen molar-refractivity contribution in [1.29, 1.82) is 0 Å². The number of sulfonamides is 1. The van der Waals surface area contributed by atoms with Crippen molar-refractivity contribution in [2.24, 2.45) is 23.7 Å². The minimum Gasteiger partial charge on any atom is -0.399 e. The number of methoxy groups -OCH3 is 2. The zero-order valence-corrected chi connectivity index (χ0v) is 34.7. The topological polar surface area (TPSA) is 181 Å². The number of hydrogen-bond acceptors (Lipinski definition) is 10. The summed E-state index contributed by atoms with van der Waals surface area (Å²) in [7, 11) is 4.32. The number of benzene rings is 1. The van der Waals surface area contributed by atoms with Crippen molar-refractivity contribution < 1.29 is 37.1 Å². The molecule has 0 aliphatic carbocycles. The molecule has 14 nitrogen and oxygen atoms in total. The first kappa shape index (κ1) is 45.9. The molecule has 4 amide bonds. The first-order chi connectivity index (χ1) is 24.7. The zero-order chi connectivity index (χ0) is 40.4. The van der Waals surface area contributed by atoms with E-state index in [9.17, 15) is 27.6 Å². The van der Waals surface area contributed by atoms with E-state index in [4.69, 9.17) is 15.2 Å². The van der Waals surface area contributed by atoms with E-state index < -0.39 is 64.0 Å². The number of anilines is 1. The lowest BCUT2D eigenvalue weighted by Crippen LogP contribution is -2.59. The van der Waals surface area contributed by atoms with Crippen LogP contribution in [0.4, 0.5) is 5.69 Å². The van der Waals surface area contributed by atoms with Crippen LogP contribution < -0.4 is 15.8 Å². The number of nitrogens with one attached hydrogen (secondary N) is 2. The van der Waals surface area contributed by atoms with Gasteiger partial charge in [-0.25, -0.2) is 8.42 Å². The quantitative estimate of drug-likeness (QED) is 0.167. The van der Waals surface area contributed by atoms with Crippen LogP contribution in [0, 0.1) is 23.7 Å². The molecular formula is C38H66N6O8S. The van der Waals surface area contributed by atoms with Crippen molar-refractivity contribution in [3.63, 3.8) is 0 Å². The molecule has 1 saturated heterocycles. The average molecular weight is 767 g/mol. The van der Waals surface area contributed by atoms with Crippen LogP contribution in [-0.2, 0) is 44.4 Å². The molecule has 53 heavy (non-hydrogen) atoms. The predicted molar refractivity (Wildman–Crippen MR) is 207 cm³/mol. The van der Waals surface area contributed by atoms with Gasteiger partial charge in [0.2, 0.25) is 33.7 Å². The summed E-state index contributed by atoms with van der Waals surface area (Å²) in [5.74, 6) is -2.97. The Morgan fingerprint density at radius 2 is 1.55 bits per heavy atom. The molecule has 2 rings (SSSR count). The lowest BCUT2D eigenvalue weighted by atomic mass is 9.89. The summed E-state index contributed by atoms with van der Waals surface area (Å²) in [6, 6.07) is 4.17. The number of carbonyl (C=O) groups excluding carboxylic acids is 4. The fourth-order valence-corrected chi connectivity index (χ4v) is 8.72. The van der Waals surface area contributed by atoms with Crippen LogP contribution >= 0.6 is 0 Å². The highest BCUT2D eigenvalue weighted by Gasteiger charge is 2.43. The summed E-state index contributed by atoms with van der Waals surface area (Å²) in [6.07, 6.45) is 0.437. The van der Waals surface area contributed by atoms with Gasteiger partial charge in [-0.05, 0) is 62.4 Å². The Labute approximate surface area is 317 Å². The van der Waals surface area contributed by atoms with Crippen LogP contribution in [0.15, 0.2) is 24.3 Å². The second kappa shape index (κ2) is 20.4. The fourth-order valence-electron chi connectivity index (χ4n) is 7.53. The molecule has 1 aromatic carbocycles. The maximum atomic E-state index is 14.2. The van der Waals surface area contributed by atoms with Crippen LogP contribution in [0.5, 0.6) is 0 Å². The Morgan fingerprint density at radius 1 is 0.943 bits per heavy atom. The van der Waals surface area contributed by atoms with Crippen molar-refractivity contribution in [2.45, 2.75) is 116 Å². The first-order valence-corrected chi connectivity index (χ1v) is 20.3. The van der Waals surface area contributed by atoms with Crippen LogP contribution in [0.3, 0.4) is 0 Å². The Kier molecular flexibility index (Phi) is 17.7. The molecule has 0 saturated carbocycles. The Hall–Kier alpha value is -3.27. The summed E-state index contributed by atoms with van der Waals surface area (Å²) in [5, 5.41) is 3.01. The van der Waals surface area contributed by atoms with Crippen molar-refractivity contribution in [3.8, 4) is 0 Å². The third-order valence-corrected chi connectivity index (χ3v) is 11.8. The molecule has 302 valence electrons. The number of nitrogens with two attached hydrogens (primary N) is 1. The number of hydrogen-bond donors (Lipinski definition) is 3. The van der Waals surface area contributed by atoms with E-state index in [-0.39, 0.29) is 41.9 Å². The van der Waals surface area contributed by atoms with Crippen LogP contribution in [0.25, 0.3) is 0 Å². The van der Waals surface area contributed by atoms with Gasteiger partial charge in [-0.1, -0.05) is 67.0 Å². The summed E-state index contributed by atoms with van der Waals surface area (Å²) in [6.45, 7) is 13.8. The van der Waals surface area contributed by atoms with E-state index in [2.05, 4.69) is 10.0 Å². The standard InChI is InChI=1S/C38H66N6O8S/c1-13-25(6)34(43(10)38(48)32(23(2)3)40-37(47)33(24(4)5)42(8)9)30(51-11)21-31(45)44-20-14-15-29(44)35(52-12)26(7)36(46)41-53(49,50)22-27-16-18-28(39)19-17-27/h16-19,23-26,29-30,32-35H,13-15,20-22,39H2,1-12H3,(H,40,47)(H,41,46)/t25?,26-,29+,30-,32+,33+,34+,35?/m1/s1. The lowest BCUT2D eigenvalue weighted by Gasteiger charge is -2.41. The molecule has 8 atom stereocenters. The predicted octanol–water partition coefficient (Wildman–Crippen LogP) is 2.86. The highest BCUT2D eigenvalue weighted by molar-refractivity contribution is 7.89. The fraction of sp³-hybridized carbons (Fsp3) is 0.737. The lowest BCUT2D eigenvalue weighted by molar-refractivity contribution is -0.148. The molecule has 1 fully saturated rings. The molecule has 1 heterocycles. The number of likely N-dealkylation sites (N-methyl/N-ethyl adjacent to an activating group) is 2. The molecule has 1 aliphatic heterocycles. The second-order valence-corrected chi connectivity index (χ2v) is 17.2. The smallest absolute Gasteiger partial charge is 0.245 e. The Bertz CT molecular complexity index is 1460. The van der Waals surface area contributed by atoms with Gasteiger partial charge < -0.3 is 30.3 Å². The van der Waals surface area contributed by atoms with Gasteiger partial charge in [-0.3, -0.25) is 28.8 Å². The highest BCUT2D eigenvalue weighted by atomic mass is 32.2. The maximum Gasteiger partial charge on any atom is 0.245 e. The molecule has 0 spiro atoms. The number of nitrogens with zero attached hydrogens (tertiary/aromatic N) is 3. The Balaban J connectivity index is 2.26. The van der Waals surface area contributed by atoms with E-state index in [1.807, 2.05) is 60.5 Å². The third-order valence-electron chi connectivity index (χ3n) is 10.5. The van der Waals surface area contributed by atoms with Gasteiger partial charge in [0.1, 0.15) is 6.04 Å². The number of carbonyl (C=O) groups is 4. The van der Waals surface area contributed by atoms with Crippen molar-refractivity contribution in [3.05, 3.63) is 29.8 Å². The van der Waals surface area contributed by atoms with Gasteiger partial charge in [-0.2, -0.15) is 0 Å². The summed E-state index contributed by atoms with van der Waals surface area (Å²) < 4.78 is 39.7. The largest absolute Gasteiger partial charge is 0.399 e. The molecule has 1 aromatic rings. The number of amides is 4. The van der Waals surface area contributed by atoms with Crippen molar-refractivity contribution in [1.82, 2.24) is 24.7 Å². The number of rotatable bonds is 20. The maximum absolute atomic E-state index is 14.2. The van der Waals surface area contributed by atoms with Crippen LogP contribution in [-0.4, -0.2) is 125 Å². The summed E-state index contributed by atoms with van der Waals surface area (Å²) >= 11 is 0. The average Bonchev–Trinajstić information content (AvgIpc) is 3.56. The van der Waals surface area contributed by atoms with Crippen LogP contribution in [0.2, 0.25) is 0 Å². The molecular weight excluding hydrogens is 701 g/mol. The first-order valence-electron chi connectivity index (χ1n) is 18.7. The molecule has 4 N–H and O–H groups in total. The van der Waals surface area contributed by atoms with Gasteiger partial charge in [0.25, 0.3) is 0 Å². The zero-order valence-electron chi connectivity index (χ0n) is 33.9. The molecule has 15 heteroatoms. The van der Waals surface area contributed by atoms with E-state index in [1.54, 1.807) is 48.0 Å². The van der Waals surface area contributed by atoms with E-state index in [1.165, 1.54) is 14.2 Å². The third kappa shape index (κ3) is 12.4.